The highest BCUT2D eigenvalue weighted by molar-refractivity contribution is 6.46. The third kappa shape index (κ3) is 4.26. The van der Waals surface area contributed by atoms with Gasteiger partial charge in [-0.1, -0.05) is 6.07 Å². The Labute approximate surface area is 192 Å². The number of phenolic OH excluding ortho intramolecular Hbond substituents is 1. The molecule has 2 heterocycles. The number of hydrogen-bond acceptors (Lipinski definition) is 7. The zero-order chi connectivity index (χ0) is 23.7. The summed E-state index contributed by atoms with van der Waals surface area (Å²) >= 11 is 0. The molecule has 0 saturated carbocycles. The van der Waals surface area contributed by atoms with Crippen molar-refractivity contribution in [3.8, 4) is 17.2 Å². The maximum atomic E-state index is 13.1. The van der Waals surface area contributed by atoms with Crippen LogP contribution in [-0.2, 0) is 16.0 Å². The van der Waals surface area contributed by atoms with Gasteiger partial charge in [0.1, 0.15) is 11.5 Å². The highest BCUT2D eigenvalue weighted by Gasteiger charge is 2.46. The van der Waals surface area contributed by atoms with Gasteiger partial charge in [0.25, 0.3) is 11.7 Å². The molecule has 0 aliphatic carbocycles. The van der Waals surface area contributed by atoms with E-state index in [0.29, 0.717) is 37.1 Å². The Balaban J connectivity index is 1.80. The zero-order valence-electron chi connectivity index (χ0n) is 19.0. The highest BCUT2D eigenvalue weighted by atomic mass is 16.5. The van der Waals surface area contributed by atoms with Crippen molar-refractivity contribution < 1.29 is 29.3 Å². The van der Waals surface area contributed by atoms with Gasteiger partial charge >= 0.3 is 0 Å². The van der Waals surface area contributed by atoms with Gasteiger partial charge in [-0.05, 0) is 68.5 Å². The van der Waals surface area contributed by atoms with Gasteiger partial charge in [-0.15, -0.1) is 0 Å². The number of aromatic hydroxyl groups is 1. The lowest BCUT2D eigenvalue weighted by atomic mass is 9.94. The summed E-state index contributed by atoms with van der Waals surface area (Å²) in [7, 11) is 5.31. The number of aliphatic hydroxyl groups is 1. The van der Waals surface area contributed by atoms with Gasteiger partial charge in [-0.3, -0.25) is 9.59 Å². The molecule has 2 aliphatic rings. The van der Waals surface area contributed by atoms with Crippen LogP contribution in [0.5, 0.6) is 17.2 Å². The molecule has 1 saturated heterocycles. The van der Waals surface area contributed by atoms with Crippen LogP contribution in [0.25, 0.3) is 5.76 Å². The number of benzene rings is 2. The molecule has 174 valence electrons. The number of ether oxygens (including phenoxy) is 2. The minimum absolute atomic E-state index is 0.00767. The van der Waals surface area contributed by atoms with Gasteiger partial charge in [-0.2, -0.15) is 0 Å². The fourth-order valence-electron chi connectivity index (χ4n) is 4.38. The molecule has 8 nitrogen and oxygen atoms in total. The number of nitrogens with zero attached hydrogens (tertiary/aromatic N) is 2. The van der Waals surface area contributed by atoms with E-state index in [2.05, 4.69) is 0 Å². The molecule has 2 aromatic carbocycles. The van der Waals surface area contributed by atoms with Crippen molar-refractivity contribution in [2.75, 3.05) is 40.9 Å². The summed E-state index contributed by atoms with van der Waals surface area (Å²) in [6.45, 7) is 1.63. The standard InChI is InChI=1S/C25H28N2O6/c1-26(2)10-4-11-27-22(16-5-8-20(32-3)18(28)14-16)21(24(30)25(27)31)23(29)17-6-7-19-15(13-17)9-12-33-19/h5-8,13-14,22,28-29H,4,9-12H2,1-3H3/b23-21-. The molecule has 1 fully saturated rings. The zero-order valence-corrected chi connectivity index (χ0v) is 19.0. The van der Waals surface area contributed by atoms with E-state index in [0.717, 1.165) is 17.9 Å². The molecule has 0 radical (unpaired) electrons. The SMILES string of the molecule is COc1ccc(C2/C(=C(/O)c3ccc4c(c3)CCO4)C(=O)C(=O)N2CCCN(C)C)cc1O. The maximum Gasteiger partial charge on any atom is 0.295 e. The number of likely N-dealkylation sites (tertiary alicyclic amines) is 1. The molecule has 0 bridgehead atoms. The number of phenols is 1. The lowest BCUT2D eigenvalue weighted by Crippen LogP contribution is -2.32. The molecule has 2 N–H and O–H groups in total. The number of fused-ring (bicyclic) bond motifs is 1. The summed E-state index contributed by atoms with van der Waals surface area (Å²) in [6, 6.07) is 9.15. The largest absolute Gasteiger partial charge is 0.507 e. The topological polar surface area (TPSA) is 99.5 Å². The first kappa shape index (κ1) is 22.7. The molecule has 1 atom stereocenters. The molecule has 1 amide bonds. The minimum atomic E-state index is -0.825. The van der Waals surface area contributed by atoms with Crippen LogP contribution >= 0.6 is 0 Å². The minimum Gasteiger partial charge on any atom is -0.507 e. The number of rotatable bonds is 7. The lowest BCUT2D eigenvalue weighted by Gasteiger charge is -2.26. The number of amides is 1. The summed E-state index contributed by atoms with van der Waals surface area (Å²) in [5.74, 6) is -0.717. The van der Waals surface area contributed by atoms with Crippen molar-refractivity contribution in [1.29, 1.82) is 0 Å². The Kier molecular flexibility index (Phi) is 6.29. The van der Waals surface area contributed by atoms with Crippen molar-refractivity contribution in [3.63, 3.8) is 0 Å². The quantitative estimate of drug-likeness (QED) is 0.379. The summed E-state index contributed by atoms with van der Waals surface area (Å²) in [5.41, 5.74) is 1.92. The van der Waals surface area contributed by atoms with E-state index < -0.39 is 17.7 Å². The predicted octanol–water partition coefficient (Wildman–Crippen LogP) is 2.71. The predicted molar refractivity (Wildman–Crippen MR) is 122 cm³/mol. The van der Waals surface area contributed by atoms with Crippen molar-refractivity contribution in [2.24, 2.45) is 0 Å². The average molecular weight is 453 g/mol. The van der Waals surface area contributed by atoms with E-state index in [1.54, 1.807) is 30.3 Å². The number of carbonyl (C=O) groups excluding carboxylic acids is 2. The van der Waals surface area contributed by atoms with Crippen LogP contribution in [0.15, 0.2) is 42.0 Å². The Morgan fingerprint density at radius 3 is 2.70 bits per heavy atom. The number of Topliss-reactive ketones (excluding diaryl/α,β-unsaturated/α-hetero) is 1. The van der Waals surface area contributed by atoms with Crippen LogP contribution in [0.3, 0.4) is 0 Å². The molecular weight excluding hydrogens is 424 g/mol. The van der Waals surface area contributed by atoms with Crippen LogP contribution in [0.1, 0.15) is 29.2 Å². The smallest absolute Gasteiger partial charge is 0.295 e. The van der Waals surface area contributed by atoms with Gasteiger partial charge in [0.15, 0.2) is 11.5 Å². The molecule has 1 unspecified atom stereocenters. The van der Waals surface area contributed by atoms with E-state index >= 15 is 0 Å². The molecule has 2 aromatic rings. The molecule has 8 heteroatoms. The summed E-state index contributed by atoms with van der Waals surface area (Å²) in [4.78, 5) is 29.6. The Morgan fingerprint density at radius 2 is 2.00 bits per heavy atom. The summed E-state index contributed by atoms with van der Waals surface area (Å²) in [5, 5.41) is 21.6. The Hall–Kier alpha value is -3.52. The second kappa shape index (κ2) is 9.15. The monoisotopic (exact) mass is 452 g/mol. The van der Waals surface area contributed by atoms with Gasteiger partial charge in [0.05, 0.1) is 25.3 Å². The number of hydrogen-bond donors (Lipinski definition) is 2. The third-order valence-electron chi connectivity index (χ3n) is 6.03. The van der Waals surface area contributed by atoms with E-state index in [-0.39, 0.29) is 22.8 Å². The van der Waals surface area contributed by atoms with E-state index in [9.17, 15) is 19.8 Å². The number of aliphatic hydroxyl groups excluding tert-OH is 1. The van der Waals surface area contributed by atoms with Crippen LogP contribution in [-0.4, -0.2) is 72.6 Å². The van der Waals surface area contributed by atoms with Crippen LogP contribution in [0.2, 0.25) is 0 Å². The lowest BCUT2D eigenvalue weighted by molar-refractivity contribution is -0.139. The Bertz CT molecular complexity index is 1120. The first-order chi connectivity index (χ1) is 15.8. The fraction of sp³-hybridized carbons (Fsp3) is 0.360. The van der Waals surface area contributed by atoms with Crippen molar-refractivity contribution in [2.45, 2.75) is 18.9 Å². The van der Waals surface area contributed by atoms with E-state index in [4.69, 9.17) is 9.47 Å². The van der Waals surface area contributed by atoms with Gasteiger partial charge in [-0.25, -0.2) is 0 Å². The number of methoxy groups -OCH3 is 1. The molecule has 0 aromatic heterocycles. The Morgan fingerprint density at radius 1 is 1.21 bits per heavy atom. The second-order valence-corrected chi connectivity index (χ2v) is 8.50. The van der Waals surface area contributed by atoms with E-state index in [1.165, 1.54) is 18.1 Å². The fourth-order valence-corrected chi connectivity index (χ4v) is 4.38. The number of carbonyl (C=O) groups is 2. The normalized spacial score (nSPS) is 19.2. The van der Waals surface area contributed by atoms with Gasteiger partial charge in [0, 0.05) is 18.5 Å². The van der Waals surface area contributed by atoms with Crippen molar-refractivity contribution in [1.82, 2.24) is 9.80 Å². The first-order valence-electron chi connectivity index (χ1n) is 10.9. The van der Waals surface area contributed by atoms with E-state index in [1.807, 2.05) is 19.0 Å². The van der Waals surface area contributed by atoms with Crippen LogP contribution in [0.4, 0.5) is 0 Å². The van der Waals surface area contributed by atoms with Gasteiger partial charge in [0.2, 0.25) is 0 Å². The maximum absolute atomic E-state index is 13.1. The average Bonchev–Trinajstić information content (AvgIpc) is 3.36. The first-order valence-corrected chi connectivity index (χ1v) is 10.9. The van der Waals surface area contributed by atoms with Crippen LogP contribution in [0, 0.1) is 0 Å². The van der Waals surface area contributed by atoms with Gasteiger partial charge < -0.3 is 29.5 Å². The second-order valence-electron chi connectivity index (χ2n) is 8.50. The molecule has 2 aliphatic heterocycles. The highest BCUT2D eigenvalue weighted by Crippen LogP contribution is 2.42. The summed E-state index contributed by atoms with van der Waals surface area (Å²) in [6.07, 6.45) is 1.36. The molecule has 4 rings (SSSR count). The molecular formula is C25H28N2O6. The third-order valence-corrected chi connectivity index (χ3v) is 6.03. The van der Waals surface area contributed by atoms with Crippen molar-refractivity contribution in [3.05, 3.63) is 58.7 Å². The molecule has 33 heavy (non-hydrogen) atoms. The van der Waals surface area contributed by atoms with Crippen LogP contribution < -0.4 is 9.47 Å². The number of ketones is 1. The van der Waals surface area contributed by atoms with Crippen molar-refractivity contribution >= 4 is 17.4 Å². The summed E-state index contributed by atoms with van der Waals surface area (Å²) < 4.78 is 10.7. The molecule has 0 spiro atoms.